The Morgan fingerprint density at radius 2 is 1.80 bits per heavy atom. The van der Waals surface area contributed by atoms with Gasteiger partial charge in [-0.25, -0.2) is 0 Å². The third-order valence-corrected chi connectivity index (χ3v) is 0.354. The fourth-order valence-corrected chi connectivity index (χ4v) is 0. The van der Waals surface area contributed by atoms with Crippen LogP contribution in [0.4, 0.5) is 0 Å². The molecule has 0 fully saturated rings. The van der Waals surface area contributed by atoms with Gasteiger partial charge in [0, 0.05) is 0 Å². The maximum atomic E-state index is 2.93. The lowest BCUT2D eigenvalue weighted by molar-refractivity contribution is 0.864. The van der Waals surface area contributed by atoms with Gasteiger partial charge in [0.25, 0.3) is 0 Å². The smallest absolute Gasteiger partial charge is 0.187 e. The Balaban J connectivity index is 0. The molecule has 0 rings (SSSR count). The second-order valence-corrected chi connectivity index (χ2v) is 0.707. The summed E-state index contributed by atoms with van der Waals surface area (Å²) >= 11 is 0. The van der Waals surface area contributed by atoms with Crippen molar-refractivity contribution in [3.63, 3.8) is 0 Å². The number of rotatable bonds is 1. The molecule has 0 aliphatic rings. The summed E-state index contributed by atoms with van der Waals surface area (Å²) in [5.41, 5.74) is 0. The summed E-state index contributed by atoms with van der Waals surface area (Å²) in [6, 6.07) is 0. The molecule has 0 aromatic heterocycles. The van der Waals surface area contributed by atoms with Crippen LogP contribution in [0, 0.1) is 0 Å². The van der Waals surface area contributed by atoms with Crippen LogP contribution in [-0.2, 0) is 0 Å². The zero-order chi connectivity index (χ0) is 3.41. The fraction of sp³-hybridized carbons (Fsp3) is 1.00. The van der Waals surface area contributed by atoms with Gasteiger partial charge < -0.3 is 5.32 Å². The van der Waals surface area contributed by atoms with Crippen molar-refractivity contribution in [3.8, 4) is 0 Å². The maximum Gasteiger partial charge on any atom is 0.187 e. The summed E-state index contributed by atoms with van der Waals surface area (Å²) in [6.45, 7) is 3.14. The van der Waals surface area contributed by atoms with E-state index in [2.05, 4.69) is 12.2 Å². The highest BCUT2D eigenvalue weighted by molar-refractivity contribution is 5.75. The Labute approximate surface area is 43.9 Å². The van der Waals surface area contributed by atoms with E-state index in [9.17, 15) is 0 Å². The molecular formula is C3H12AlN. The van der Waals surface area contributed by atoms with E-state index in [1.165, 1.54) is 0 Å². The third kappa shape index (κ3) is 12.5. The van der Waals surface area contributed by atoms with Crippen LogP contribution in [0.15, 0.2) is 0 Å². The highest BCUT2D eigenvalue weighted by Gasteiger charge is 1.50. The number of nitrogens with one attached hydrogen (secondary N) is 1. The van der Waals surface area contributed by atoms with Crippen molar-refractivity contribution < 1.29 is 0 Å². The van der Waals surface area contributed by atoms with Crippen molar-refractivity contribution in [2.75, 3.05) is 13.6 Å². The molecule has 2 heteroatoms. The predicted octanol–water partition coefficient (Wildman–Crippen LogP) is -0.958. The first kappa shape index (κ1) is 9.09. The summed E-state index contributed by atoms with van der Waals surface area (Å²) in [4.78, 5) is 0. The molecule has 5 heavy (non-hydrogen) atoms. The van der Waals surface area contributed by atoms with Crippen molar-refractivity contribution in [1.29, 1.82) is 0 Å². The second kappa shape index (κ2) is 8.82. The highest BCUT2D eigenvalue weighted by atomic mass is 27.0. The molecule has 0 aromatic carbocycles. The van der Waals surface area contributed by atoms with Crippen LogP contribution in [0.3, 0.4) is 0 Å². The van der Waals surface area contributed by atoms with E-state index in [0.29, 0.717) is 0 Å². The van der Waals surface area contributed by atoms with Gasteiger partial charge >= 0.3 is 0 Å². The summed E-state index contributed by atoms with van der Waals surface area (Å²) in [6.07, 6.45) is 0. The zero-order valence-electron chi connectivity index (χ0n) is 3.21. The van der Waals surface area contributed by atoms with Crippen molar-refractivity contribution in [2.24, 2.45) is 0 Å². The molecule has 0 saturated carbocycles. The Hall–Kier alpha value is 0.492. The van der Waals surface area contributed by atoms with E-state index in [4.69, 9.17) is 0 Å². The van der Waals surface area contributed by atoms with Gasteiger partial charge in [-0.1, -0.05) is 6.92 Å². The van der Waals surface area contributed by atoms with Gasteiger partial charge in [0.05, 0.1) is 0 Å². The molecule has 0 aromatic rings. The van der Waals surface area contributed by atoms with E-state index in [1.807, 2.05) is 7.05 Å². The lowest BCUT2D eigenvalue weighted by Crippen LogP contribution is -2.01. The molecule has 0 spiro atoms. The van der Waals surface area contributed by atoms with Gasteiger partial charge in [0.2, 0.25) is 0 Å². The lowest BCUT2D eigenvalue weighted by Gasteiger charge is -1.76. The normalized spacial score (nSPS) is 6.00. The van der Waals surface area contributed by atoms with Crippen LogP contribution in [-0.4, -0.2) is 31.0 Å². The molecule has 1 nitrogen and oxygen atoms in total. The van der Waals surface area contributed by atoms with Crippen LogP contribution in [0.5, 0.6) is 0 Å². The monoisotopic (exact) mass is 89.1 g/mol. The molecule has 0 aliphatic heterocycles. The fourth-order valence-electron chi connectivity index (χ4n) is 0. The average molecular weight is 89.1 g/mol. The van der Waals surface area contributed by atoms with E-state index >= 15 is 0 Å². The SMILES string of the molecule is CCNC.[AlH3]. The Morgan fingerprint density at radius 3 is 1.80 bits per heavy atom. The van der Waals surface area contributed by atoms with Crippen LogP contribution >= 0.6 is 0 Å². The van der Waals surface area contributed by atoms with Crippen LogP contribution in [0.2, 0.25) is 0 Å². The van der Waals surface area contributed by atoms with E-state index in [-0.39, 0.29) is 17.4 Å². The molecule has 0 atom stereocenters. The molecule has 0 amide bonds. The number of hydrogen-bond acceptors (Lipinski definition) is 1. The van der Waals surface area contributed by atoms with Crippen molar-refractivity contribution in [3.05, 3.63) is 0 Å². The average Bonchev–Trinajstić information content (AvgIpc) is 1.37. The summed E-state index contributed by atoms with van der Waals surface area (Å²) in [5.74, 6) is 0. The van der Waals surface area contributed by atoms with Gasteiger partial charge in [0.15, 0.2) is 17.4 Å². The molecule has 0 saturated heterocycles. The van der Waals surface area contributed by atoms with Crippen molar-refractivity contribution in [1.82, 2.24) is 5.32 Å². The first-order valence-electron chi connectivity index (χ1n) is 1.56. The molecule has 0 radical (unpaired) electrons. The molecule has 0 unspecified atom stereocenters. The second-order valence-electron chi connectivity index (χ2n) is 0.707. The first-order valence-corrected chi connectivity index (χ1v) is 1.56. The van der Waals surface area contributed by atoms with Crippen molar-refractivity contribution >= 4 is 17.4 Å². The highest BCUT2D eigenvalue weighted by Crippen LogP contribution is 1.34. The summed E-state index contributed by atoms with van der Waals surface area (Å²) in [7, 11) is 1.93. The third-order valence-electron chi connectivity index (χ3n) is 0.354. The minimum Gasteiger partial charge on any atom is -0.320 e. The van der Waals surface area contributed by atoms with Crippen LogP contribution < -0.4 is 5.32 Å². The molecule has 0 aliphatic carbocycles. The molecule has 0 heterocycles. The molecular weight excluding hydrogens is 77.0 g/mol. The minimum atomic E-state index is 0. The minimum absolute atomic E-state index is 0. The van der Waals surface area contributed by atoms with Gasteiger partial charge in [-0.3, -0.25) is 0 Å². The van der Waals surface area contributed by atoms with Gasteiger partial charge in [-0.05, 0) is 13.6 Å². The standard InChI is InChI=1S/C3H9N.Al.3H/c1-3-4-2;;;;/h4H,3H2,1-2H3;;;;. The largest absolute Gasteiger partial charge is 0.320 e. The summed E-state index contributed by atoms with van der Waals surface area (Å²) in [5, 5.41) is 2.93. The zero-order valence-corrected chi connectivity index (χ0v) is 3.21. The molecule has 1 N–H and O–H groups in total. The van der Waals surface area contributed by atoms with E-state index < -0.39 is 0 Å². The molecule has 32 valence electrons. The van der Waals surface area contributed by atoms with Crippen LogP contribution in [0.25, 0.3) is 0 Å². The van der Waals surface area contributed by atoms with Gasteiger partial charge in [-0.15, -0.1) is 0 Å². The topological polar surface area (TPSA) is 12.0 Å². The number of hydrogen-bond donors (Lipinski definition) is 1. The summed E-state index contributed by atoms with van der Waals surface area (Å²) < 4.78 is 0. The van der Waals surface area contributed by atoms with E-state index in [0.717, 1.165) is 6.54 Å². The van der Waals surface area contributed by atoms with Gasteiger partial charge in [0.1, 0.15) is 0 Å². The molecule has 0 bridgehead atoms. The predicted molar refractivity (Wildman–Crippen MR) is 29.5 cm³/mol. The Morgan fingerprint density at radius 1 is 1.60 bits per heavy atom. The van der Waals surface area contributed by atoms with E-state index in [1.54, 1.807) is 0 Å². The van der Waals surface area contributed by atoms with Crippen molar-refractivity contribution in [2.45, 2.75) is 6.92 Å². The van der Waals surface area contributed by atoms with Gasteiger partial charge in [-0.2, -0.15) is 0 Å². The Kier molecular flexibility index (Phi) is 16.0. The van der Waals surface area contributed by atoms with Crippen LogP contribution in [0.1, 0.15) is 6.92 Å². The Bertz CT molecular complexity index is 8.85. The first-order chi connectivity index (χ1) is 1.91. The quantitative estimate of drug-likeness (QED) is 0.408. The maximum absolute atomic E-state index is 2.93. The lowest BCUT2D eigenvalue weighted by atomic mass is 10.8.